The van der Waals surface area contributed by atoms with Crippen molar-refractivity contribution in [2.24, 2.45) is 4.99 Å². The maximum atomic E-state index is 5.72. The number of para-hydroxylation sites is 1. The summed E-state index contributed by atoms with van der Waals surface area (Å²) in [6.45, 7) is 7.28. The number of aliphatic imine (C=N–C) groups is 1. The molecule has 1 aliphatic heterocycles. The number of nitrogens with one attached hydrogen (secondary N) is 2. The summed E-state index contributed by atoms with van der Waals surface area (Å²) in [5.41, 5.74) is 1.19. The molecule has 0 saturated carbocycles. The van der Waals surface area contributed by atoms with Crippen LogP contribution in [-0.2, 0) is 11.3 Å². The molecule has 1 heterocycles. The highest BCUT2D eigenvalue weighted by Gasteiger charge is 2.34. The maximum Gasteiger partial charge on any atom is 0.191 e. The molecule has 27 heavy (non-hydrogen) atoms. The topological polar surface area (TPSA) is 58.1 Å². The lowest BCUT2D eigenvalue weighted by molar-refractivity contribution is -0.00501. The summed E-state index contributed by atoms with van der Waals surface area (Å²) in [5.74, 6) is 1.65. The van der Waals surface area contributed by atoms with Crippen LogP contribution < -0.4 is 15.4 Å². The van der Waals surface area contributed by atoms with E-state index >= 15 is 0 Å². The van der Waals surface area contributed by atoms with E-state index in [-0.39, 0.29) is 29.5 Å². The zero-order chi connectivity index (χ0) is 18.8. The van der Waals surface area contributed by atoms with Gasteiger partial charge in [-0.3, -0.25) is 4.99 Å². The Morgan fingerprint density at radius 1 is 1.30 bits per heavy atom. The molecule has 0 bridgehead atoms. The predicted octanol–water partition coefficient (Wildman–Crippen LogP) is 2.65. The molecule has 0 atom stereocenters. The SMILES string of the molecule is C=CCOc1ccccc1CNC(=NC)NCC1(N(C)C)CCOCC1.I. The van der Waals surface area contributed by atoms with Crippen LogP contribution in [0.25, 0.3) is 0 Å². The van der Waals surface area contributed by atoms with Gasteiger partial charge < -0.3 is 25.0 Å². The van der Waals surface area contributed by atoms with Gasteiger partial charge in [0, 0.05) is 44.5 Å². The van der Waals surface area contributed by atoms with Crippen molar-refractivity contribution in [3.05, 3.63) is 42.5 Å². The van der Waals surface area contributed by atoms with Crippen molar-refractivity contribution in [2.45, 2.75) is 24.9 Å². The van der Waals surface area contributed by atoms with Gasteiger partial charge in [-0.25, -0.2) is 0 Å². The molecule has 0 unspecified atom stereocenters. The lowest BCUT2D eigenvalue weighted by atomic mass is 9.88. The van der Waals surface area contributed by atoms with Crippen molar-refractivity contribution in [1.29, 1.82) is 0 Å². The zero-order valence-corrected chi connectivity index (χ0v) is 19.0. The molecule has 152 valence electrons. The van der Waals surface area contributed by atoms with Crippen molar-refractivity contribution < 1.29 is 9.47 Å². The molecule has 0 spiro atoms. The second-order valence-electron chi connectivity index (χ2n) is 6.72. The number of benzene rings is 1. The number of guanidine groups is 1. The molecule has 2 N–H and O–H groups in total. The van der Waals surface area contributed by atoms with Gasteiger partial charge in [0.2, 0.25) is 0 Å². The van der Waals surface area contributed by atoms with Gasteiger partial charge in [0.05, 0.1) is 0 Å². The molecule has 0 aromatic heterocycles. The number of ether oxygens (including phenoxy) is 2. The van der Waals surface area contributed by atoms with Gasteiger partial charge in [-0.1, -0.05) is 30.9 Å². The minimum atomic E-state index is 0. The van der Waals surface area contributed by atoms with E-state index in [4.69, 9.17) is 9.47 Å². The summed E-state index contributed by atoms with van der Waals surface area (Å²) >= 11 is 0. The molecule has 2 rings (SSSR count). The van der Waals surface area contributed by atoms with Gasteiger partial charge in [0.1, 0.15) is 12.4 Å². The highest BCUT2D eigenvalue weighted by Crippen LogP contribution is 2.25. The van der Waals surface area contributed by atoms with Crippen LogP contribution in [0.5, 0.6) is 5.75 Å². The van der Waals surface area contributed by atoms with Gasteiger partial charge in [-0.2, -0.15) is 0 Å². The summed E-state index contributed by atoms with van der Waals surface area (Å²) in [4.78, 5) is 6.66. The molecular formula is C20H33IN4O2. The Balaban J connectivity index is 0.00000364. The van der Waals surface area contributed by atoms with Gasteiger partial charge >= 0.3 is 0 Å². The maximum absolute atomic E-state index is 5.72. The van der Waals surface area contributed by atoms with E-state index in [9.17, 15) is 0 Å². The molecule has 1 saturated heterocycles. The summed E-state index contributed by atoms with van der Waals surface area (Å²) in [6.07, 6.45) is 3.78. The van der Waals surface area contributed by atoms with E-state index in [1.54, 1.807) is 13.1 Å². The molecule has 0 radical (unpaired) electrons. The van der Waals surface area contributed by atoms with Gasteiger partial charge in [0.25, 0.3) is 0 Å². The normalized spacial score (nSPS) is 16.4. The number of hydrogen-bond donors (Lipinski definition) is 2. The van der Waals surface area contributed by atoms with Crippen LogP contribution in [0, 0.1) is 0 Å². The van der Waals surface area contributed by atoms with E-state index in [0.29, 0.717) is 13.2 Å². The van der Waals surface area contributed by atoms with Gasteiger partial charge in [-0.05, 0) is 33.0 Å². The number of nitrogens with zero attached hydrogens (tertiary/aromatic N) is 2. The number of rotatable bonds is 8. The highest BCUT2D eigenvalue weighted by atomic mass is 127. The van der Waals surface area contributed by atoms with Crippen LogP contribution in [0.2, 0.25) is 0 Å². The van der Waals surface area contributed by atoms with E-state index < -0.39 is 0 Å². The fraction of sp³-hybridized carbons (Fsp3) is 0.550. The minimum absolute atomic E-state index is 0. The quantitative estimate of drug-likeness (QED) is 0.255. The Morgan fingerprint density at radius 2 is 2.00 bits per heavy atom. The number of hydrogen-bond acceptors (Lipinski definition) is 4. The minimum Gasteiger partial charge on any atom is -0.489 e. The van der Waals surface area contributed by atoms with Crippen molar-refractivity contribution in [3.63, 3.8) is 0 Å². The Kier molecular flexibility index (Phi) is 10.7. The average molecular weight is 488 g/mol. The lowest BCUT2D eigenvalue weighted by Crippen LogP contribution is -2.57. The van der Waals surface area contributed by atoms with E-state index in [1.807, 2.05) is 18.2 Å². The Hall–Kier alpha value is -1.32. The van der Waals surface area contributed by atoms with Crippen LogP contribution in [0.15, 0.2) is 41.9 Å². The van der Waals surface area contributed by atoms with Crippen LogP contribution in [-0.4, -0.2) is 63.9 Å². The van der Waals surface area contributed by atoms with Crippen molar-refractivity contribution in [2.75, 3.05) is 47.5 Å². The molecule has 6 nitrogen and oxygen atoms in total. The monoisotopic (exact) mass is 488 g/mol. The van der Waals surface area contributed by atoms with Crippen LogP contribution >= 0.6 is 24.0 Å². The largest absolute Gasteiger partial charge is 0.489 e. The van der Waals surface area contributed by atoms with E-state index in [1.165, 1.54) is 0 Å². The lowest BCUT2D eigenvalue weighted by Gasteiger charge is -2.43. The van der Waals surface area contributed by atoms with Gasteiger partial charge in [0.15, 0.2) is 5.96 Å². The fourth-order valence-electron chi connectivity index (χ4n) is 3.12. The zero-order valence-electron chi connectivity index (χ0n) is 16.7. The van der Waals surface area contributed by atoms with E-state index in [0.717, 1.165) is 49.9 Å². The third-order valence-corrected chi connectivity index (χ3v) is 4.96. The fourth-order valence-corrected chi connectivity index (χ4v) is 3.12. The Morgan fingerprint density at radius 3 is 2.63 bits per heavy atom. The number of halogens is 1. The van der Waals surface area contributed by atoms with Crippen molar-refractivity contribution in [3.8, 4) is 5.75 Å². The summed E-state index contributed by atoms with van der Waals surface area (Å²) in [7, 11) is 6.06. The van der Waals surface area contributed by atoms with Crippen LogP contribution in [0.1, 0.15) is 18.4 Å². The molecular weight excluding hydrogens is 455 g/mol. The summed E-state index contributed by atoms with van der Waals surface area (Å²) in [6, 6.07) is 8.01. The highest BCUT2D eigenvalue weighted by molar-refractivity contribution is 14.0. The average Bonchev–Trinajstić information content (AvgIpc) is 2.67. The molecule has 1 fully saturated rings. The van der Waals surface area contributed by atoms with Crippen molar-refractivity contribution in [1.82, 2.24) is 15.5 Å². The summed E-state index contributed by atoms with van der Waals surface area (Å²) < 4.78 is 11.3. The molecule has 7 heteroatoms. The molecule has 1 aromatic carbocycles. The standard InChI is InChI=1S/C20H32N4O2.HI/c1-5-12-26-18-9-7-6-8-17(18)15-22-19(21-2)23-16-20(24(3)4)10-13-25-14-11-20;/h5-9H,1,10-16H2,2-4H3,(H2,21,22,23);1H. The molecule has 1 aliphatic rings. The first-order valence-electron chi connectivity index (χ1n) is 9.12. The second kappa shape index (κ2) is 12.2. The predicted molar refractivity (Wildman–Crippen MR) is 122 cm³/mol. The van der Waals surface area contributed by atoms with Crippen molar-refractivity contribution >= 4 is 29.9 Å². The summed E-state index contributed by atoms with van der Waals surface area (Å²) in [5, 5.41) is 6.86. The Bertz CT molecular complexity index is 601. The third kappa shape index (κ3) is 6.97. The first kappa shape index (κ1) is 23.7. The molecule has 0 aliphatic carbocycles. The van der Waals surface area contributed by atoms with Crippen LogP contribution in [0.4, 0.5) is 0 Å². The first-order chi connectivity index (χ1) is 12.6. The smallest absolute Gasteiger partial charge is 0.191 e. The second-order valence-corrected chi connectivity index (χ2v) is 6.72. The van der Waals surface area contributed by atoms with Crippen LogP contribution in [0.3, 0.4) is 0 Å². The molecule has 0 amide bonds. The van der Waals surface area contributed by atoms with Gasteiger partial charge in [-0.15, -0.1) is 24.0 Å². The first-order valence-corrected chi connectivity index (χ1v) is 9.12. The van der Waals surface area contributed by atoms with E-state index in [2.05, 4.69) is 47.3 Å². The number of likely N-dealkylation sites (N-methyl/N-ethyl adjacent to an activating group) is 1. The third-order valence-electron chi connectivity index (χ3n) is 4.96. The Labute approximate surface area is 180 Å². The molecule has 1 aromatic rings.